The van der Waals surface area contributed by atoms with Crippen LogP contribution in [0.4, 0.5) is 0 Å². The molecule has 0 aliphatic rings. The molecule has 5 nitrogen and oxygen atoms in total. The van der Waals surface area contributed by atoms with Crippen LogP contribution in [-0.4, -0.2) is 21.8 Å². The van der Waals surface area contributed by atoms with E-state index >= 15 is 0 Å². The zero-order valence-corrected chi connectivity index (χ0v) is 11.7. The van der Waals surface area contributed by atoms with Gasteiger partial charge < -0.3 is 9.67 Å². The Morgan fingerprint density at radius 1 is 1.35 bits per heavy atom. The third-order valence-corrected chi connectivity index (χ3v) is 3.29. The number of hydrazone groups is 1. The molecule has 0 aliphatic heterocycles. The third kappa shape index (κ3) is 2.88. The van der Waals surface area contributed by atoms with Crippen LogP contribution in [0.3, 0.4) is 0 Å². The van der Waals surface area contributed by atoms with Gasteiger partial charge in [-0.25, -0.2) is 5.43 Å². The Hall–Kier alpha value is -2.56. The molecule has 0 spiro atoms. The number of phenolic OH excluding ortho intramolecular Hbond substituents is 1. The van der Waals surface area contributed by atoms with Crippen molar-refractivity contribution in [2.75, 3.05) is 0 Å². The maximum absolute atomic E-state index is 11.8. The van der Waals surface area contributed by atoms with E-state index in [9.17, 15) is 9.90 Å². The Balaban J connectivity index is 2.06. The summed E-state index contributed by atoms with van der Waals surface area (Å²) < 4.78 is 2.05. The number of aromatic hydroxyl groups is 1. The largest absolute Gasteiger partial charge is 0.508 e. The molecule has 0 bridgehead atoms. The van der Waals surface area contributed by atoms with Gasteiger partial charge in [-0.1, -0.05) is 6.07 Å². The van der Waals surface area contributed by atoms with E-state index in [0.717, 1.165) is 17.0 Å². The highest BCUT2D eigenvalue weighted by Crippen LogP contribution is 2.11. The molecule has 1 aromatic carbocycles. The van der Waals surface area contributed by atoms with Crippen LogP contribution >= 0.6 is 0 Å². The summed E-state index contributed by atoms with van der Waals surface area (Å²) in [6.45, 7) is 4.00. The first kappa shape index (κ1) is 13.9. The first-order chi connectivity index (χ1) is 9.49. The fourth-order valence-electron chi connectivity index (χ4n) is 1.89. The third-order valence-electron chi connectivity index (χ3n) is 3.29. The molecule has 104 valence electrons. The summed E-state index contributed by atoms with van der Waals surface area (Å²) in [6.07, 6.45) is 1.61. The van der Waals surface area contributed by atoms with E-state index < -0.39 is 0 Å². The summed E-state index contributed by atoms with van der Waals surface area (Å²) in [5.41, 5.74) is 5.97. The van der Waals surface area contributed by atoms with E-state index in [1.165, 1.54) is 12.1 Å². The average molecular weight is 271 g/mol. The summed E-state index contributed by atoms with van der Waals surface area (Å²) in [6, 6.07) is 8.12. The lowest BCUT2D eigenvalue weighted by Crippen LogP contribution is -2.17. The number of benzene rings is 1. The second-order valence-corrected chi connectivity index (χ2v) is 4.63. The van der Waals surface area contributed by atoms with Crippen LogP contribution in [0.25, 0.3) is 0 Å². The zero-order valence-electron chi connectivity index (χ0n) is 11.7. The Kier molecular flexibility index (Phi) is 3.89. The highest BCUT2D eigenvalue weighted by Gasteiger charge is 2.06. The number of nitrogens with one attached hydrogen (secondary N) is 1. The fraction of sp³-hybridized carbons (Fsp3) is 0.200. The van der Waals surface area contributed by atoms with E-state index in [-0.39, 0.29) is 11.7 Å². The van der Waals surface area contributed by atoms with E-state index in [2.05, 4.69) is 15.1 Å². The van der Waals surface area contributed by atoms with E-state index in [1.807, 2.05) is 27.0 Å². The molecule has 0 unspecified atom stereocenters. The standard InChI is InChI=1S/C15H17N3O2/c1-10-7-13(11(2)18(10)3)9-16-17-15(20)12-5-4-6-14(19)8-12/h4-9,19H,1-3H3,(H,17,20)/b16-9+. The van der Waals surface area contributed by atoms with Crippen molar-refractivity contribution in [3.05, 3.63) is 52.8 Å². The number of hydrogen-bond donors (Lipinski definition) is 2. The molecule has 0 aliphatic carbocycles. The van der Waals surface area contributed by atoms with Gasteiger partial charge in [0.1, 0.15) is 5.75 Å². The minimum absolute atomic E-state index is 0.0520. The van der Waals surface area contributed by atoms with Gasteiger partial charge in [-0.3, -0.25) is 4.79 Å². The van der Waals surface area contributed by atoms with Crippen molar-refractivity contribution >= 4 is 12.1 Å². The summed E-state index contributed by atoms with van der Waals surface area (Å²) >= 11 is 0. The van der Waals surface area contributed by atoms with Crippen LogP contribution in [0.1, 0.15) is 27.3 Å². The van der Waals surface area contributed by atoms with Crippen LogP contribution in [0.5, 0.6) is 5.75 Å². The van der Waals surface area contributed by atoms with Crippen LogP contribution in [0.15, 0.2) is 35.4 Å². The van der Waals surface area contributed by atoms with Crippen LogP contribution < -0.4 is 5.43 Å². The lowest BCUT2D eigenvalue weighted by molar-refractivity contribution is 0.0954. The highest BCUT2D eigenvalue weighted by molar-refractivity contribution is 5.95. The molecule has 0 atom stereocenters. The van der Waals surface area contributed by atoms with Crippen LogP contribution in [0.2, 0.25) is 0 Å². The Morgan fingerprint density at radius 2 is 2.10 bits per heavy atom. The molecule has 0 fully saturated rings. The maximum atomic E-state index is 11.8. The molecule has 5 heteroatoms. The van der Waals surface area contributed by atoms with Gasteiger partial charge in [0.2, 0.25) is 0 Å². The molecule has 0 saturated heterocycles. The molecule has 2 N–H and O–H groups in total. The van der Waals surface area contributed by atoms with Gasteiger partial charge in [0.05, 0.1) is 6.21 Å². The monoisotopic (exact) mass is 271 g/mol. The molecule has 2 aromatic rings. The zero-order chi connectivity index (χ0) is 14.7. The van der Waals surface area contributed by atoms with Crippen LogP contribution in [-0.2, 0) is 7.05 Å². The second kappa shape index (κ2) is 5.61. The minimum atomic E-state index is -0.359. The van der Waals surface area contributed by atoms with Crippen molar-refractivity contribution in [1.82, 2.24) is 9.99 Å². The number of amides is 1. The van der Waals surface area contributed by atoms with Crippen molar-refractivity contribution in [3.63, 3.8) is 0 Å². The summed E-state index contributed by atoms with van der Waals surface area (Å²) in [5.74, 6) is -0.307. The van der Waals surface area contributed by atoms with Gasteiger partial charge in [0.15, 0.2) is 0 Å². The Bertz CT molecular complexity index is 672. The number of hydrogen-bond acceptors (Lipinski definition) is 3. The number of aryl methyl sites for hydroxylation is 1. The van der Waals surface area contributed by atoms with Crippen molar-refractivity contribution in [2.45, 2.75) is 13.8 Å². The van der Waals surface area contributed by atoms with E-state index in [1.54, 1.807) is 18.3 Å². The lowest BCUT2D eigenvalue weighted by atomic mass is 10.2. The molecule has 0 radical (unpaired) electrons. The van der Waals surface area contributed by atoms with Crippen molar-refractivity contribution < 1.29 is 9.90 Å². The van der Waals surface area contributed by atoms with Gasteiger partial charge in [-0.05, 0) is 38.1 Å². The average Bonchev–Trinajstić information content (AvgIpc) is 2.66. The quantitative estimate of drug-likeness (QED) is 0.663. The SMILES string of the molecule is Cc1cc(/C=N/NC(=O)c2cccc(O)c2)c(C)n1C. The van der Waals surface area contributed by atoms with Gasteiger partial charge in [0, 0.05) is 29.6 Å². The normalized spacial score (nSPS) is 10.9. The van der Waals surface area contributed by atoms with E-state index in [4.69, 9.17) is 0 Å². The predicted octanol–water partition coefficient (Wildman–Crippen LogP) is 2.11. The Labute approximate surface area is 117 Å². The second-order valence-electron chi connectivity index (χ2n) is 4.63. The lowest BCUT2D eigenvalue weighted by Gasteiger charge is -2.00. The number of phenols is 1. The van der Waals surface area contributed by atoms with E-state index in [0.29, 0.717) is 5.56 Å². The Morgan fingerprint density at radius 3 is 2.70 bits per heavy atom. The number of carbonyl (C=O) groups is 1. The van der Waals surface area contributed by atoms with Gasteiger partial charge in [0.25, 0.3) is 5.91 Å². The molecule has 0 saturated carbocycles. The molecule has 20 heavy (non-hydrogen) atoms. The molecular formula is C15H17N3O2. The van der Waals surface area contributed by atoms with Crippen molar-refractivity contribution in [2.24, 2.45) is 12.1 Å². The highest BCUT2D eigenvalue weighted by atomic mass is 16.3. The van der Waals surface area contributed by atoms with Gasteiger partial charge in [-0.2, -0.15) is 5.10 Å². The van der Waals surface area contributed by atoms with Gasteiger partial charge in [-0.15, -0.1) is 0 Å². The summed E-state index contributed by atoms with van der Waals surface area (Å²) in [7, 11) is 1.98. The smallest absolute Gasteiger partial charge is 0.271 e. The van der Waals surface area contributed by atoms with Gasteiger partial charge >= 0.3 is 0 Å². The number of rotatable bonds is 3. The van der Waals surface area contributed by atoms with Crippen molar-refractivity contribution in [3.8, 4) is 5.75 Å². The number of carbonyl (C=O) groups excluding carboxylic acids is 1. The number of aromatic nitrogens is 1. The topological polar surface area (TPSA) is 66.6 Å². The first-order valence-corrected chi connectivity index (χ1v) is 6.24. The minimum Gasteiger partial charge on any atom is -0.508 e. The molecular weight excluding hydrogens is 254 g/mol. The fourth-order valence-corrected chi connectivity index (χ4v) is 1.89. The summed E-state index contributed by atoms with van der Waals surface area (Å²) in [5, 5.41) is 13.3. The molecule has 1 heterocycles. The molecule has 2 rings (SSSR count). The molecule has 1 aromatic heterocycles. The molecule has 1 amide bonds. The maximum Gasteiger partial charge on any atom is 0.271 e. The summed E-state index contributed by atoms with van der Waals surface area (Å²) in [4.78, 5) is 11.8. The number of nitrogens with zero attached hydrogens (tertiary/aromatic N) is 2. The first-order valence-electron chi connectivity index (χ1n) is 6.24. The van der Waals surface area contributed by atoms with Crippen LogP contribution in [0, 0.1) is 13.8 Å². The predicted molar refractivity (Wildman–Crippen MR) is 78.1 cm³/mol. The van der Waals surface area contributed by atoms with Crippen molar-refractivity contribution in [1.29, 1.82) is 0 Å².